The van der Waals surface area contributed by atoms with Crippen LogP contribution < -0.4 is 5.73 Å². The predicted octanol–water partition coefficient (Wildman–Crippen LogP) is 1.87. The van der Waals surface area contributed by atoms with Crippen molar-refractivity contribution in [2.24, 2.45) is 11.7 Å². The van der Waals surface area contributed by atoms with Gasteiger partial charge in [-0.15, -0.1) is 0 Å². The van der Waals surface area contributed by atoms with Gasteiger partial charge in [0.05, 0.1) is 0 Å². The lowest BCUT2D eigenvalue weighted by Gasteiger charge is -2.06. The highest BCUT2D eigenvalue weighted by atomic mass is 32.1. The maximum absolute atomic E-state index is 5.30. The Bertz CT molecular complexity index is 118. The van der Waals surface area contributed by atoms with Crippen LogP contribution >= 0.6 is 12.2 Å². The van der Waals surface area contributed by atoms with Crippen molar-refractivity contribution in [3.8, 4) is 0 Å². The Hall–Kier alpha value is -0.370. The molecular weight excluding hydrogens is 130 g/mol. The van der Waals surface area contributed by atoms with E-state index in [2.05, 4.69) is 13.8 Å². The Balaban J connectivity index is 3.95. The van der Waals surface area contributed by atoms with Crippen LogP contribution in [0.3, 0.4) is 0 Å². The van der Waals surface area contributed by atoms with E-state index in [1.807, 2.05) is 0 Å². The normalized spacial score (nSPS) is 15.1. The molecule has 0 amide bonds. The molecule has 0 fully saturated rings. The molecule has 0 saturated heterocycles. The van der Waals surface area contributed by atoms with Gasteiger partial charge in [0.2, 0.25) is 0 Å². The summed E-state index contributed by atoms with van der Waals surface area (Å²) in [5.41, 5.74) is 6.36. The van der Waals surface area contributed by atoms with Crippen molar-refractivity contribution in [3.63, 3.8) is 0 Å². The second-order valence-electron chi connectivity index (χ2n) is 2.09. The molecule has 1 unspecified atom stereocenters. The number of rotatable bonds is 3. The zero-order valence-electron chi connectivity index (χ0n) is 5.92. The SMILES string of the molecule is CCC(C)C(C=S)=CN. The minimum Gasteiger partial charge on any atom is -0.404 e. The van der Waals surface area contributed by atoms with E-state index in [1.165, 1.54) is 0 Å². The highest BCUT2D eigenvalue weighted by Gasteiger charge is 2.00. The number of hydrogen-bond donors (Lipinski definition) is 1. The molecule has 2 heteroatoms. The minimum absolute atomic E-state index is 0.507. The first kappa shape index (κ1) is 8.63. The Morgan fingerprint density at radius 2 is 2.33 bits per heavy atom. The lowest BCUT2D eigenvalue weighted by molar-refractivity contribution is 0.680. The molecule has 0 radical (unpaired) electrons. The van der Waals surface area contributed by atoms with Crippen LogP contribution in [-0.2, 0) is 0 Å². The summed E-state index contributed by atoms with van der Waals surface area (Å²) in [5.74, 6) is 0.507. The third-order valence-corrected chi connectivity index (χ3v) is 1.78. The quantitative estimate of drug-likeness (QED) is 0.482. The van der Waals surface area contributed by atoms with Crippen molar-refractivity contribution >= 4 is 17.6 Å². The molecule has 0 aliphatic rings. The van der Waals surface area contributed by atoms with Crippen molar-refractivity contribution in [2.75, 3.05) is 0 Å². The summed E-state index contributed by atoms with van der Waals surface area (Å²) in [5, 5.41) is 1.65. The van der Waals surface area contributed by atoms with E-state index in [4.69, 9.17) is 18.0 Å². The topological polar surface area (TPSA) is 26.0 Å². The first-order valence-corrected chi connectivity index (χ1v) is 3.60. The lowest BCUT2D eigenvalue weighted by atomic mass is 10.0. The standard InChI is InChI=1S/C7H13NS/c1-3-6(2)7(4-8)5-9/h4-6H,3,8H2,1-2H3. The van der Waals surface area contributed by atoms with Gasteiger partial charge >= 0.3 is 0 Å². The van der Waals surface area contributed by atoms with Gasteiger partial charge in [-0.25, -0.2) is 0 Å². The maximum atomic E-state index is 5.30. The van der Waals surface area contributed by atoms with Gasteiger partial charge in [0, 0.05) is 5.37 Å². The highest BCUT2D eigenvalue weighted by Crippen LogP contribution is 2.10. The Morgan fingerprint density at radius 3 is 2.44 bits per heavy atom. The molecule has 0 aliphatic heterocycles. The van der Waals surface area contributed by atoms with E-state index in [9.17, 15) is 0 Å². The first-order valence-electron chi connectivity index (χ1n) is 3.13. The summed E-state index contributed by atoms with van der Waals surface area (Å²) in [4.78, 5) is 0. The van der Waals surface area contributed by atoms with E-state index in [0.29, 0.717) is 5.92 Å². The molecule has 1 atom stereocenters. The van der Waals surface area contributed by atoms with Crippen LogP contribution in [0.4, 0.5) is 0 Å². The summed E-state index contributed by atoms with van der Waals surface area (Å²) in [6, 6.07) is 0. The maximum Gasteiger partial charge on any atom is 0.00626 e. The van der Waals surface area contributed by atoms with Gasteiger partial charge < -0.3 is 5.73 Å². The molecule has 0 aliphatic carbocycles. The van der Waals surface area contributed by atoms with Crippen LogP contribution in [0.25, 0.3) is 0 Å². The van der Waals surface area contributed by atoms with E-state index >= 15 is 0 Å². The van der Waals surface area contributed by atoms with Crippen LogP contribution in [0.2, 0.25) is 0 Å². The number of thiocarbonyl (C=S) groups is 1. The van der Waals surface area contributed by atoms with Crippen LogP contribution in [0.5, 0.6) is 0 Å². The average molecular weight is 143 g/mol. The summed E-state index contributed by atoms with van der Waals surface area (Å²) in [7, 11) is 0. The van der Waals surface area contributed by atoms with Gasteiger partial charge in [0.15, 0.2) is 0 Å². The molecular formula is C7H13NS. The molecule has 0 aromatic carbocycles. The van der Waals surface area contributed by atoms with E-state index in [1.54, 1.807) is 11.6 Å². The monoisotopic (exact) mass is 143 g/mol. The fourth-order valence-corrected chi connectivity index (χ4v) is 0.866. The fourth-order valence-electron chi connectivity index (χ4n) is 0.555. The van der Waals surface area contributed by atoms with Crippen molar-refractivity contribution in [2.45, 2.75) is 20.3 Å². The Kier molecular flexibility index (Phi) is 4.32. The van der Waals surface area contributed by atoms with Crippen molar-refractivity contribution < 1.29 is 0 Å². The lowest BCUT2D eigenvalue weighted by Crippen LogP contribution is -2.00. The van der Waals surface area contributed by atoms with Gasteiger partial charge in [0.1, 0.15) is 0 Å². The zero-order valence-corrected chi connectivity index (χ0v) is 6.74. The third-order valence-electron chi connectivity index (χ3n) is 1.51. The minimum atomic E-state index is 0.507. The molecule has 0 spiro atoms. The number of hydrogen-bond acceptors (Lipinski definition) is 2. The van der Waals surface area contributed by atoms with Crippen molar-refractivity contribution in [3.05, 3.63) is 11.8 Å². The van der Waals surface area contributed by atoms with Crippen LogP contribution in [0.15, 0.2) is 11.8 Å². The average Bonchev–Trinajstić information content (AvgIpc) is 1.90. The van der Waals surface area contributed by atoms with Gasteiger partial charge in [0.25, 0.3) is 0 Å². The summed E-state index contributed by atoms with van der Waals surface area (Å²) in [6.45, 7) is 4.23. The number of allylic oxidation sites excluding steroid dienone is 1. The smallest absolute Gasteiger partial charge is 0.00626 e. The molecule has 0 bridgehead atoms. The summed E-state index contributed by atoms with van der Waals surface area (Å²) < 4.78 is 0. The first-order chi connectivity index (χ1) is 4.26. The number of nitrogens with two attached hydrogens (primary N) is 1. The molecule has 0 saturated carbocycles. The molecule has 2 N–H and O–H groups in total. The highest BCUT2D eigenvalue weighted by molar-refractivity contribution is 7.79. The van der Waals surface area contributed by atoms with Crippen molar-refractivity contribution in [1.82, 2.24) is 0 Å². The molecule has 9 heavy (non-hydrogen) atoms. The van der Waals surface area contributed by atoms with Gasteiger partial charge in [-0.3, -0.25) is 0 Å². The van der Waals surface area contributed by atoms with Gasteiger partial charge in [-0.1, -0.05) is 26.1 Å². The Labute approximate surface area is 61.9 Å². The van der Waals surface area contributed by atoms with Gasteiger partial charge in [-0.2, -0.15) is 0 Å². The van der Waals surface area contributed by atoms with E-state index in [0.717, 1.165) is 12.0 Å². The largest absolute Gasteiger partial charge is 0.404 e. The van der Waals surface area contributed by atoms with Crippen LogP contribution in [0.1, 0.15) is 20.3 Å². The van der Waals surface area contributed by atoms with Crippen LogP contribution in [0, 0.1) is 5.92 Å². The second-order valence-corrected chi connectivity index (χ2v) is 2.33. The summed E-state index contributed by atoms with van der Waals surface area (Å²) >= 11 is 4.74. The van der Waals surface area contributed by atoms with Gasteiger partial charge in [-0.05, 0) is 24.1 Å². The van der Waals surface area contributed by atoms with E-state index in [-0.39, 0.29) is 0 Å². The third kappa shape index (κ3) is 2.61. The fraction of sp³-hybridized carbons (Fsp3) is 0.571. The molecule has 0 aromatic rings. The molecule has 0 rings (SSSR count). The zero-order chi connectivity index (χ0) is 7.28. The van der Waals surface area contributed by atoms with E-state index < -0.39 is 0 Å². The molecule has 0 heterocycles. The molecule has 52 valence electrons. The predicted molar refractivity (Wildman–Crippen MR) is 45.4 cm³/mol. The Morgan fingerprint density at radius 1 is 1.78 bits per heavy atom. The second kappa shape index (κ2) is 4.50. The summed E-state index contributed by atoms with van der Waals surface area (Å²) in [6.07, 6.45) is 2.68. The van der Waals surface area contributed by atoms with Crippen LogP contribution in [-0.4, -0.2) is 5.37 Å². The van der Waals surface area contributed by atoms with Crippen molar-refractivity contribution in [1.29, 1.82) is 0 Å². The molecule has 1 nitrogen and oxygen atoms in total. The molecule has 0 aromatic heterocycles.